The van der Waals surface area contributed by atoms with Crippen molar-refractivity contribution in [3.05, 3.63) is 0 Å². The number of nitrogens with one attached hydrogen (secondary N) is 1. The second-order valence-corrected chi connectivity index (χ2v) is 5.99. The van der Waals surface area contributed by atoms with Gasteiger partial charge >= 0.3 is 0 Å². The molecule has 0 atom stereocenters. The van der Waals surface area contributed by atoms with E-state index < -0.39 is 0 Å². The molecule has 0 aliphatic rings. The molecule has 0 aromatic carbocycles. The van der Waals surface area contributed by atoms with E-state index in [0.29, 0.717) is 0 Å². The smallest absolute Gasteiger partial charge is 0.219 e. The summed E-state index contributed by atoms with van der Waals surface area (Å²) in [5.74, 6) is 0.257. The lowest BCUT2D eigenvalue weighted by Gasteiger charge is -2.05. The Morgan fingerprint density at radius 2 is 1.10 bits per heavy atom. The molecule has 120 valence electrons. The zero-order valence-corrected chi connectivity index (χ0v) is 14.0. The van der Waals surface area contributed by atoms with Gasteiger partial charge in [0.1, 0.15) is 0 Å². The summed E-state index contributed by atoms with van der Waals surface area (Å²) < 4.78 is 0. The van der Waals surface area contributed by atoms with E-state index >= 15 is 0 Å². The minimum absolute atomic E-state index is 0.257. The van der Waals surface area contributed by atoms with Gasteiger partial charge in [0.2, 0.25) is 5.91 Å². The number of carbonyl (C=O) groups is 1. The zero-order valence-electron chi connectivity index (χ0n) is 14.0. The van der Waals surface area contributed by atoms with Gasteiger partial charge in [0, 0.05) is 13.0 Å². The van der Waals surface area contributed by atoms with Crippen molar-refractivity contribution >= 4 is 5.91 Å². The first-order valence-electron chi connectivity index (χ1n) is 9.08. The summed E-state index contributed by atoms with van der Waals surface area (Å²) in [7, 11) is 0. The standard InChI is InChI=1S/C18H37NO/c1-3-5-7-9-11-12-14-16-18(20)19-17-15-13-10-8-6-4-2/h3-17H2,1-2H3,(H,19,20). The van der Waals surface area contributed by atoms with Crippen LogP contribution in [0.15, 0.2) is 0 Å². The van der Waals surface area contributed by atoms with Crippen LogP contribution in [0.4, 0.5) is 0 Å². The fraction of sp³-hybridized carbons (Fsp3) is 0.944. The molecule has 20 heavy (non-hydrogen) atoms. The predicted molar refractivity (Wildman–Crippen MR) is 89.0 cm³/mol. The van der Waals surface area contributed by atoms with Crippen molar-refractivity contribution < 1.29 is 4.79 Å². The van der Waals surface area contributed by atoms with E-state index in [-0.39, 0.29) is 5.91 Å². The van der Waals surface area contributed by atoms with Gasteiger partial charge in [-0.1, -0.05) is 84.5 Å². The zero-order chi connectivity index (χ0) is 14.9. The van der Waals surface area contributed by atoms with Gasteiger partial charge in [-0.25, -0.2) is 0 Å². The summed E-state index contributed by atoms with van der Waals surface area (Å²) in [6, 6.07) is 0. The van der Waals surface area contributed by atoms with Gasteiger partial charge in [0.15, 0.2) is 0 Å². The van der Waals surface area contributed by atoms with Crippen LogP contribution < -0.4 is 5.32 Å². The Balaban J connectivity index is 3.13. The quantitative estimate of drug-likeness (QED) is 0.389. The van der Waals surface area contributed by atoms with Gasteiger partial charge in [-0.2, -0.15) is 0 Å². The molecular weight excluding hydrogens is 246 g/mol. The fourth-order valence-electron chi connectivity index (χ4n) is 2.46. The third-order valence-electron chi connectivity index (χ3n) is 3.86. The molecule has 0 heterocycles. The number of hydrogen-bond acceptors (Lipinski definition) is 1. The highest BCUT2D eigenvalue weighted by Crippen LogP contribution is 2.08. The lowest BCUT2D eigenvalue weighted by atomic mass is 10.1. The highest BCUT2D eigenvalue weighted by atomic mass is 16.1. The Hall–Kier alpha value is -0.530. The van der Waals surface area contributed by atoms with Crippen molar-refractivity contribution in [3.8, 4) is 0 Å². The summed E-state index contributed by atoms with van der Waals surface area (Å²) in [6.07, 6.45) is 17.4. The summed E-state index contributed by atoms with van der Waals surface area (Å²) in [4.78, 5) is 11.6. The lowest BCUT2D eigenvalue weighted by Crippen LogP contribution is -2.23. The second-order valence-electron chi connectivity index (χ2n) is 5.99. The lowest BCUT2D eigenvalue weighted by molar-refractivity contribution is -0.121. The Kier molecular flexibility index (Phi) is 16.1. The van der Waals surface area contributed by atoms with E-state index in [4.69, 9.17) is 0 Å². The van der Waals surface area contributed by atoms with Crippen LogP contribution in [0.3, 0.4) is 0 Å². The molecular formula is C18H37NO. The molecule has 0 saturated heterocycles. The highest BCUT2D eigenvalue weighted by molar-refractivity contribution is 5.75. The SMILES string of the molecule is CCCCCCCCCC(=O)NCCCCCCCC. The number of carbonyl (C=O) groups excluding carboxylic acids is 1. The summed E-state index contributed by atoms with van der Waals surface area (Å²) in [5, 5.41) is 3.05. The van der Waals surface area contributed by atoms with Crippen LogP contribution in [0.5, 0.6) is 0 Å². The molecule has 0 aliphatic heterocycles. The van der Waals surface area contributed by atoms with Gasteiger partial charge in [-0.05, 0) is 12.8 Å². The Bertz CT molecular complexity index is 184. The molecule has 0 bridgehead atoms. The molecule has 0 unspecified atom stereocenters. The average Bonchev–Trinajstić information content (AvgIpc) is 2.45. The van der Waals surface area contributed by atoms with Crippen LogP contribution in [0.25, 0.3) is 0 Å². The van der Waals surface area contributed by atoms with E-state index in [1.807, 2.05) is 0 Å². The molecule has 0 saturated carbocycles. The Morgan fingerprint density at radius 3 is 1.65 bits per heavy atom. The number of unbranched alkanes of at least 4 members (excludes halogenated alkanes) is 11. The number of rotatable bonds is 15. The first-order valence-corrected chi connectivity index (χ1v) is 9.08. The van der Waals surface area contributed by atoms with E-state index in [1.165, 1.54) is 70.6 Å². The second kappa shape index (κ2) is 16.5. The van der Waals surface area contributed by atoms with Gasteiger partial charge in [-0.15, -0.1) is 0 Å². The van der Waals surface area contributed by atoms with Crippen LogP contribution in [-0.4, -0.2) is 12.5 Å². The van der Waals surface area contributed by atoms with E-state index in [1.54, 1.807) is 0 Å². The number of hydrogen-bond donors (Lipinski definition) is 1. The van der Waals surface area contributed by atoms with Gasteiger partial charge in [0.05, 0.1) is 0 Å². The van der Waals surface area contributed by atoms with Crippen molar-refractivity contribution in [2.75, 3.05) is 6.54 Å². The summed E-state index contributed by atoms with van der Waals surface area (Å²) in [6.45, 7) is 5.36. The first-order chi connectivity index (χ1) is 9.81. The third-order valence-corrected chi connectivity index (χ3v) is 3.86. The van der Waals surface area contributed by atoms with Gasteiger partial charge < -0.3 is 5.32 Å². The van der Waals surface area contributed by atoms with Crippen LogP contribution in [0.2, 0.25) is 0 Å². The molecule has 0 aromatic rings. The molecule has 1 N–H and O–H groups in total. The van der Waals surface area contributed by atoms with E-state index in [2.05, 4.69) is 19.2 Å². The molecule has 2 heteroatoms. The molecule has 0 radical (unpaired) electrons. The Labute approximate surface area is 127 Å². The molecule has 1 amide bonds. The first kappa shape index (κ1) is 19.5. The van der Waals surface area contributed by atoms with Crippen LogP contribution >= 0.6 is 0 Å². The number of amides is 1. The fourth-order valence-corrected chi connectivity index (χ4v) is 2.46. The molecule has 2 nitrogen and oxygen atoms in total. The molecule has 0 aliphatic carbocycles. The van der Waals surface area contributed by atoms with Crippen molar-refractivity contribution in [3.63, 3.8) is 0 Å². The monoisotopic (exact) mass is 283 g/mol. The average molecular weight is 284 g/mol. The summed E-state index contributed by atoms with van der Waals surface area (Å²) in [5.41, 5.74) is 0. The Morgan fingerprint density at radius 1 is 0.650 bits per heavy atom. The minimum atomic E-state index is 0.257. The van der Waals surface area contributed by atoms with Gasteiger partial charge in [0.25, 0.3) is 0 Å². The maximum absolute atomic E-state index is 11.6. The maximum Gasteiger partial charge on any atom is 0.219 e. The van der Waals surface area contributed by atoms with E-state index in [9.17, 15) is 4.79 Å². The van der Waals surface area contributed by atoms with E-state index in [0.717, 1.165) is 25.8 Å². The largest absolute Gasteiger partial charge is 0.356 e. The maximum atomic E-state index is 11.6. The molecule has 0 spiro atoms. The molecule has 0 fully saturated rings. The predicted octanol–water partition coefficient (Wildman–Crippen LogP) is 5.60. The van der Waals surface area contributed by atoms with Crippen molar-refractivity contribution in [1.82, 2.24) is 5.32 Å². The van der Waals surface area contributed by atoms with Crippen LogP contribution in [0.1, 0.15) is 104 Å². The highest BCUT2D eigenvalue weighted by Gasteiger charge is 2.00. The van der Waals surface area contributed by atoms with Crippen molar-refractivity contribution in [2.45, 2.75) is 104 Å². The topological polar surface area (TPSA) is 29.1 Å². The van der Waals surface area contributed by atoms with Gasteiger partial charge in [-0.3, -0.25) is 4.79 Å². The van der Waals surface area contributed by atoms with Crippen molar-refractivity contribution in [2.24, 2.45) is 0 Å². The molecule has 0 aromatic heterocycles. The molecule has 0 rings (SSSR count). The van der Waals surface area contributed by atoms with Crippen LogP contribution in [-0.2, 0) is 4.79 Å². The normalized spacial score (nSPS) is 10.7. The van der Waals surface area contributed by atoms with Crippen LogP contribution in [0, 0.1) is 0 Å². The van der Waals surface area contributed by atoms with Crippen molar-refractivity contribution in [1.29, 1.82) is 0 Å². The summed E-state index contributed by atoms with van der Waals surface area (Å²) >= 11 is 0. The minimum Gasteiger partial charge on any atom is -0.356 e. The third kappa shape index (κ3) is 15.5.